The Morgan fingerprint density at radius 3 is 2.85 bits per heavy atom. The van der Waals surface area contributed by atoms with Gasteiger partial charge < -0.3 is 15.2 Å². The number of aliphatic hydroxyl groups is 1. The summed E-state index contributed by atoms with van der Waals surface area (Å²) >= 11 is 0. The Balaban J connectivity index is 3.34. The first-order chi connectivity index (χ1) is 6.20. The Morgan fingerprint density at radius 1 is 1.62 bits per heavy atom. The largest absolute Gasteiger partial charge is 0.396 e. The molecule has 0 bridgehead atoms. The lowest BCUT2D eigenvalue weighted by Gasteiger charge is -2.12. The molecule has 0 aliphatic carbocycles. The fourth-order valence-corrected chi connectivity index (χ4v) is 0.929. The number of aliphatic hydroxyl groups excluding tert-OH is 1. The van der Waals surface area contributed by atoms with Gasteiger partial charge in [-0.15, -0.1) is 0 Å². The number of rotatable bonds is 7. The molecule has 0 saturated carbocycles. The maximum absolute atomic E-state index is 11.0. The van der Waals surface area contributed by atoms with Gasteiger partial charge in [0, 0.05) is 26.2 Å². The molecule has 0 aromatic carbocycles. The molecule has 1 amide bonds. The molecule has 0 aliphatic heterocycles. The Morgan fingerprint density at radius 2 is 2.31 bits per heavy atom. The minimum atomic E-state index is -0.0272. The molecule has 0 heterocycles. The average molecular weight is 189 g/mol. The van der Waals surface area contributed by atoms with Crippen molar-refractivity contribution in [2.45, 2.75) is 32.8 Å². The zero-order valence-corrected chi connectivity index (χ0v) is 8.38. The predicted molar refractivity (Wildman–Crippen MR) is 50.4 cm³/mol. The standard InChI is InChI=1S/C9H19NO3/c1-3-13-8(2)7-10-9(12)5-4-6-11/h8,11H,3-7H2,1-2H3,(H,10,12). The second-order valence-corrected chi connectivity index (χ2v) is 2.90. The van der Waals surface area contributed by atoms with Crippen LogP contribution < -0.4 is 5.32 Å². The number of nitrogens with one attached hydrogen (secondary N) is 1. The molecule has 4 heteroatoms. The van der Waals surface area contributed by atoms with E-state index in [1.807, 2.05) is 13.8 Å². The van der Waals surface area contributed by atoms with Crippen molar-refractivity contribution in [1.29, 1.82) is 0 Å². The van der Waals surface area contributed by atoms with E-state index in [2.05, 4.69) is 5.32 Å². The smallest absolute Gasteiger partial charge is 0.220 e. The molecule has 4 nitrogen and oxygen atoms in total. The summed E-state index contributed by atoms with van der Waals surface area (Å²) in [5.41, 5.74) is 0. The van der Waals surface area contributed by atoms with Crippen molar-refractivity contribution in [1.82, 2.24) is 5.32 Å². The maximum atomic E-state index is 11.0. The molecule has 1 unspecified atom stereocenters. The van der Waals surface area contributed by atoms with E-state index in [-0.39, 0.29) is 18.6 Å². The van der Waals surface area contributed by atoms with E-state index in [1.54, 1.807) is 0 Å². The number of carbonyl (C=O) groups is 1. The summed E-state index contributed by atoms with van der Waals surface area (Å²) in [7, 11) is 0. The molecule has 0 spiro atoms. The Hall–Kier alpha value is -0.610. The molecule has 0 aromatic rings. The van der Waals surface area contributed by atoms with Crippen molar-refractivity contribution in [3.05, 3.63) is 0 Å². The van der Waals surface area contributed by atoms with Crippen LogP contribution in [-0.2, 0) is 9.53 Å². The highest BCUT2D eigenvalue weighted by Gasteiger charge is 2.03. The predicted octanol–water partition coefficient (Wildman–Crippen LogP) is 0.300. The van der Waals surface area contributed by atoms with E-state index in [4.69, 9.17) is 9.84 Å². The summed E-state index contributed by atoms with van der Waals surface area (Å²) in [5, 5.41) is 11.2. The molecule has 13 heavy (non-hydrogen) atoms. The van der Waals surface area contributed by atoms with Gasteiger partial charge in [0.15, 0.2) is 0 Å². The van der Waals surface area contributed by atoms with Crippen molar-refractivity contribution in [2.75, 3.05) is 19.8 Å². The molecule has 0 saturated heterocycles. The number of amides is 1. The molecule has 78 valence electrons. The van der Waals surface area contributed by atoms with Gasteiger partial charge in [0.1, 0.15) is 0 Å². The monoisotopic (exact) mass is 189 g/mol. The molecule has 0 fully saturated rings. The Labute approximate surface area is 79.3 Å². The summed E-state index contributed by atoms with van der Waals surface area (Å²) in [4.78, 5) is 11.0. The SMILES string of the molecule is CCOC(C)CNC(=O)CCCO. The van der Waals surface area contributed by atoms with Crippen LogP contribution >= 0.6 is 0 Å². The highest BCUT2D eigenvalue weighted by molar-refractivity contribution is 5.75. The second-order valence-electron chi connectivity index (χ2n) is 2.90. The fourth-order valence-electron chi connectivity index (χ4n) is 0.929. The topological polar surface area (TPSA) is 58.6 Å². The van der Waals surface area contributed by atoms with Crippen LogP contribution in [0.1, 0.15) is 26.7 Å². The molecular formula is C9H19NO3. The average Bonchev–Trinajstić information content (AvgIpc) is 2.12. The van der Waals surface area contributed by atoms with Gasteiger partial charge in [0.2, 0.25) is 5.91 Å². The summed E-state index contributed by atoms with van der Waals surface area (Å²) < 4.78 is 5.23. The molecular weight excluding hydrogens is 170 g/mol. The van der Waals surface area contributed by atoms with Crippen LogP contribution in [0.3, 0.4) is 0 Å². The van der Waals surface area contributed by atoms with Gasteiger partial charge in [-0.25, -0.2) is 0 Å². The Kier molecular flexibility index (Phi) is 7.63. The number of hydrogen-bond acceptors (Lipinski definition) is 3. The van der Waals surface area contributed by atoms with Crippen molar-refractivity contribution in [3.8, 4) is 0 Å². The lowest BCUT2D eigenvalue weighted by Crippen LogP contribution is -2.32. The highest BCUT2D eigenvalue weighted by Crippen LogP contribution is 1.90. The molecule has 1 atom stereocenters. The molecule has 0 rings (SSSR count). The van der Waals surface area contributed by atoms with Crippen molar-refractivity contribution >= 4 is 5.91 Å². The quantitative estimate of drug-likeness (QED) is 0.605. The van der Waals surface area contributed by atoms with Crippen LogP contribution in [-0.4, -0.2) is 36.9 Å². The summed E-state index contributed by atoms with van der Waals surface area (Å²) in [6.45, 7) is 5.10. The van der Waals surface area contributed by atoms with Gasteiger partial charge in [0.25, 0.3) is 0 Å². The van der Waals surface area contributed by atoms with E-state index >= 15 is 0 Å². The lowest BCUT2D eigenvalue weighted by atomic mass is 10.3. The molecule has 0 aromatic heterocycles. The van der Waals surface area contributed by atoms with E-state index in [1.165, 1.54) is 0 Å². The molecule has 0 aliphatic rings. The first-order valence-corrected chi connectivity index (χ1v) is 4.69. The van der Waals surface area contributed by atoms with Gasteiger partial charge in [0.05, 0.1) is 6.10 Å². The van der Waals surface area contributed by atoms with Crippen LogP contribution in [0.25, 0.3) is 0 Å². The van der Waals surface area contributed by atoms with Crippen LogP contribution in [0.4, 0.5) is 0 Å². The minimum absolute atomic E-state index is 0.0272. The van der Waals surface area contributed by atoms with E-state index in [0.717, 1.165) is 0 Å². The zero-order chi connectivity index (χ0) is 10.1. The van der Waals surface area contributed by atoms with Crippen molar-refractivity contribution < 1.29 is 14.6 Å². The van der Waals surface area contributed by atoms with Crippen LogP contribution in [0.5, 0.6) is 0 Å². The van der Waals surface area contributed by atoms with Gasteiger partial charge in [-0.1, -0.05) is 0 Å². The zero-order valence-electron chi connectivity index (χ0n) is 8.38. The molecule has 0 radical (unpaired) electrons. The minimum Gasteiger partial charge on any atom is -0.396 e. The third-order valence-corrected chi connectivity index (χ3v) is 1.60. The van der Waals surface area contributed by atoms with Crippen LogP contribution in [0.2, 0.25) is 0 Å². The maximum Gasteiger partial charge on any atom is 0.220 e. The highest BCUT2D eigenvalue weighted by atomic mass is 16.5. The van der Waals surface area contributed by atoms with E-state index in [9.17, 15) is 4.79 Å². The van der Waals surface area contributed by atoms with E-state index in [0.29, 0.717) is 26.0 Å². The number of ether oxygens (including phenoxy) is 1. The van der Waals surface area contributed by atoms with E-state index < -0.39 is 0 Å². The van der Waals surface area contributed by atoms with Crippen molar-refractivity contribution in [2.24, 2.45) is 0 Å². The second kappa shape index (κ2) is 8.01. The van der Waals surface area contributed by atoms with Crippen LogP contribution in [0.15, 0.2) is 0 Å². The summed E-state index contributed by atoms with van der Waals surface area (Å²) in [6, 6.07) is 0. The third-order valence-electron chi connectivity index (χ3n) is 1.60. The third kappa shape index (κ3) is 7.74. The van der Waals surface area contributed by atoms with Crippen molar-refractivity contribution in [3.63, 3.8) is 0 Å². The summed E-state index contributed by atoms with van der Waals surface area (Å²) in [5.74, 6) is -0.0272. The van der Waals surface area contributed by atoms with Gasteiger partial charge in [-0.2, -0.15) is 0 Å². The Bertz CT molecular complexity index is 139. The lowest BCUT2D eigenvalue weighted by molar-refractivity contribution is -0.121. The number of carbonyl (C=O) groups excluding carboxylic acids is 1. The normalized spacial score (nSPS) is 12.5. The summed E-state index contributed by atoms with van der Waals surface area (Å²) in [6.07, 6.45) is 0.965. The van der Waals surface area contributed by atoms with Gasteiger partial charge >= 0.3 is 0 Å². The van der Waals surface area contributed by atoms with Crippen LogP contribution in [0, 0.1) is 0 Å². The first-order valence-electron chi connectivity index (χ1n) is 4.69. The first kappa shape index (κ1) is 12.4. The number of hydrogen-bond donors (Lipinski definition) is 2. The molecule has 2 N–H and O–H groups in total. The fraction of sp³-hybridized carbons (Fsp3) is 0.889. The van der Waals surface area contributed by atoms with Gasteiger partial charge in [-0.3, -0.25) is 4.79 Å². The van der Waals surface area contributed by atoms with Gasteiger partial charge in [-0.05, 0) is 20.3 Å².